The number of amides is 2. The third-order valence-electron chi connectivity index (χ3n) is 6.48. The highest BCUT2D eigenvalue weighted by Crippen LogP contribution is 2.54. The summed E-state index contributed by atoms with van der Waals surface area (Å²) in [7, 11) is 0. The van der Waals surface area contributed by atoms with Gasteiger partial charge < -0.3 is 20.8 Å². The van der Waals surface area contributed by atoms with Crippen LogP contribution in [0.5, 0.6) is 5.75 Å². The van der Waals surface area contributed by atoms with E-state index in [1.807, 2.05) is 11.8 Å². The number of carboxylic acid groups (broad SMARTS) is 1. The first-order valence-electron chi connectivity index (χ1n) is 11.8. The standard InChI is InChI=1S/C25H34N2O5S/c28-18-10-7-17(8-11-18)9-14-23(29)27-16-24(30)26-15-20-19(21-12-13-22(20)33-21)5-3-1-2-4-6-25(31)32/h1,3,7-8,10-11,19-22,28H,2,4-6,9,12-16H2,(H,26,30)(H,27,29)(H,31,32)/b3-1-/t19-,20+,21-,22+/m0/s1. The number of unbranched alkanes of at least 4 members (excludes halogenated alkanes) is 1. The van der Waals surface area contributed by atoms with Gasteiger partial charge in [-0.1, -0.05) is 24.3 Å². The SMILES string of the molecule is O=C(O)CCC/C=C\C[C@H]1[C@@H](CNC(=O)CNC(=O)CCc2ccc(O)cc2)[C@H]2CC[C@@H]1S2. The van der Waals surface area contributed by atoms with Gasteiger partial charge in [-0.25, -0.2) is 0 Å². The molecule has 2 fully saturated rings. The summed E-state index contributed by atoms with van der Waals surface area (Å²) in [5.41, 5.74) is 0.961. The topological polar surface area (TPSA) is 116 Å². The minimum absolute atomic E-state index is 0.0173. The number of aliphatic carboxylic acids is 1. The van der Waals surface area contributed by atoms with Crippen molar-refractivity contribution in [3.63, 3.8) is 0 Å². The van der Waals surface area contributed by atoms with Crippen molar-refractivity contribution in [1.29, 1.82) is 0 Å². The van der Waals surface area contributed by atoms with E-state index in [0.717, 1.165) is 18.4 Å². The van der Waals surface area contributed by atoms with Gasteiger partial charge in [0.05, 0.1) is 6.54 Å². The van der Waals surface area contributed by atoms with Gasteiger partial charge in [0.1, 0.15) is 5.75 Å². The fourth-order valence-corrected chi connectivity index (χ4v) is 6.71. The van der Waals surface area contributed by atoms with E-state index in [2.05, 4.69) is 22.8 Å². The van der Waals surface area contributed by atoms with Crippen LogP contribution in [0.1, 0.15) is 50.5 Å². The summed E-state index contributed by atoms with van der Waals surface area (Å²) >= 11 is 2.05. The summed E-state index contributed by atoms with van der Waals surface area (Å²) in [4.78, 5) is 34.9. The number of allylic oxidation sites excluding steroid dienone is 2. The van der Waals surface area contributed by atoms with Crippen LogP contribution in [-0.2, 0) is 20.8 Å². The molecule has 0 saturated carbocycles. The van der Waals surface area contributed by atoms with E-state index < -0.39 is 5.97 Å². The van der Waals surface area contributed by atoms with Crippen LogP contribution in [0.3, 0.4) is 0 Å². The molecule has 180 valence electrons. The number of carboxylic acids is 1. The van der Waals surface area contributed by atoms with Crippen LogP contribution in [0.4, 0.5) is 0 Å². The number of nitrogens with one attached hydrogen (secondary N) is 2. The molecule has 2 aliphatic rings. The number of phenolic OH excluding ortho intramolecular Hbond substituents is 1. The van der Waals surface area contributed by atoms with Gasteiger partial charge in [-0.2, -0.15) is 11.8 Å². The first-order chi connectivity index (χ1) is 15.9. The molecule has 2 amide bonds. The molecule has 0 unspecified atom stereocenters. The largest absolute Gasteiger partial charge is 0.508 e. The first-order valence-corrected chi connectivity index (χ1v) is 12.7. The molecular weight excluding hydrogens is 440 g/mol. The zero-order chi connectivity index (χ0) is 23.6. The van der Waals surface area contributed by atoms with Crippen LogP contribution in [0.15, 0.2) is 36.4 Å². The number of hydrogen-bond acceptors (Lipinski definition) is 5. The molecule has 3 rings (SSSR count). The number of rotatable bonds is 13. The lowest BCUT2D eigenvalue weighted by Crippen LogP contribution is -2.42. The number of thioether (sulfide) groups is 1. The number of phenols is 1. The lowest BCUT2D eigenvalue weighted by atomic mass is 9.77. The highest BCUT2D eigenvalue weighted by molar-refractivity contribution is 8.01. The van der Waals surface area contributed by atoms with E-state index in [-0.39, 0.29) is 30.5 Å². The Bertz CT molecular complexity index is 842. The Kier molecular flexibility index (Phi) is 9.66. The molecule has 33 heavy (non-hydrogen) atoms. The Morgan fingerprint density at radius 3 is 2.42 bits per heavy atom. The average Bonchev–Trinajstić information content (AvgIpc) is 3.40. The highest BCUT2D eigenvalue weighted by Gasteiger charge is 2.47. The second-order valence-corrected chi connectivity index (χ2v) is 10.3. The summed E-state index contributed by atoms with van der Waals surface area (Å²) in [6, 6.07) is 6.75. The van der Waals surface area contributed by atoms with Crippen molar-refractivity contribution in [1.82, 2.24) is 10.6 Å². The maximum atomic E-state index is 12.3. The summed E-state index contributed by atoms with van der Waals surface area (Å²) in [6.07, 6.45) is 10.2. The van der Waals surface area contributed by atoms with Crippen LogP contribution in [-0.4, -0.2) is 51.6 Å². The van der Waals surface area contributed by atoms with Gasteiger partial charge in [-0.05, 0) is 68.1 Å². The van der Waals surface area contributed by atoms with Gasteiger partial charge in [0.2, 0.25) is 11.8 Å². The van der Waals surface area contributed by atoms with Crippen LogP contribution >= 0.6 is 11.8 Å². The fourth-order valence-electron chi connectivity index (χ4n) is 4.70. The van der Waals surface area contributed by atoms with E-state index in [0.29, 0.717) is 48.1 Å². The van der Waals surface area contributed by atoms with Crippen molar-refractivity contribution in [3.8, 4) is 5.75 Å². The molecule has 2 aliphatic heterocycles. The van der Waals surface area contributed by atoms with Gasteiger partial charge in [-0.15, -0.1) is 0 Å². The Hall–Kier alpha value is -2.48. The molecule has 1 aromatic rings. The number of fused-ring (bicyclic) bond motifs is 2. The van der Waals surface area contributed by atoms with Crippen molar-refractivity contribution >= 4 is 29.5 Å². The minimum Gasteiger partial charge on any atom is -0.508 e. The monoisotopic (exact) mass is 474 g/mol. The Morgan fingerprint density at radius 2 is 1.70 bits per heavy atom. The molecule has 0 radical (unpaired) electrons. The van der Waals surface area contributed by atoms with Gasteiger partial charge in [0.15, 0.2) is 0 Å². The zero-order valence-corrected chi connectivity index (χ0v) is 19.7. The number of carbonyl (C=O) groups is 3. The van der Waals surface area contributed by atoms with Gasteiger partial charge in [-0.3, -0.25) is 14.4 Å². The fraction of sp³-hybridized carbons (Fsp3) is 0.560. The van der Waals surface area contributed by atoms with E-state index in [4.69, 9.17) is 5.11 Å². The van der Waals surface area contributed by atoms with E-state index in [1.54, 1.807) is 24.3 Å². The average molecular weight is 475 g/mol. The summed E-state index contributed by atoms with van der Waals surface area (Å²) in [6.45, 7) is 0.615. The second-order valence-electron chi connectivity index (χ2n) is 8.86. The molecule has 1 aromatic carbocycles. The Balaban J connectivity index is 1.34. The second kappa shape index (κ2) is 12.7. The van der Waals surface area contributed by atoms with E-state index in [9.17, 15) is 19.5 Å². The maximum absolute atomic E-state index is 12.3. The molecule has 4 atom stereocenters. The molecule has 0 aromatic heterocycles. The van der Waals surface area contributed by atoms with Crippen LogP contribution < -0.4 is 10.6 Å². The van der Waals surface area contributed by atoms with E-state index in [1.165, 1.54) is 12.8 Å². The number of hydrogen-bond donors (Lipinski definition) is 4. The lowest BCUT2D eigenvalue weighted by Gasteiger charge is -2.29. The predicted octanol–water partition coefficient (Wildman–Crippen LogP) is 3.27. The molecule has 0 spiro atoms. The maximum Gasteiger partial charge on any atom is 0.303 e. The molecule has 0 aliphatic carbocycles. The highest BCUT2D eigenvalue weighted by atomic mass is 32.2. The first kappa shape index (κ1) is 25.1. The minimum atomic E-state index is -0.753. The normalized spacial score (nSPS) is 23.6. The molecular formula is C25H34N2O5S. The molecule has 2 saturated heterocycles. The number of benzene rings is 1. The van der Waals surface area contributed by atoms with Crippen LogP contribution in [0.25, 0.3) is 0 Å². The molecule has 8 heteroatoms. The molecule has 4 N–H and O–H groups in total. The van der Waals surface area contributed by atoms with Crippen molar-refractivity contribution in [2.45, 2.75) is 61.9 Å². The molecule has 2 heterocycles. The van der Waals surface area contributed by atoms with Gasteiger partial charge in [0, 0.05) is 29.9 Å². The number of aryl methyl sites for hydroxylation is 1. The Morgan fingerprint density at radius 1 is 0.970 bits per heavy atom. The third kappa shape index (κ3) is 8.11. The zero-order valence-electron chi connectivity index (χ0n) is 18.9. The quantitative estimate of drug-likeness (QED) is 0.258. The lowest BCUT2D eigenvalue weighted by molar-refractivity contribution is -0.137. The van der Waals surface area contributed by atoms with Crippen molar-refractivity contribution in [3.05, 3.63) is 42.0 Å². The van der Waals surface area contributed by atoms with Crippen molar-refractivity contribution in [2.75, 3.05) is 13.1 Å². The Labute approximate surface area is 199 Å². The van der Waals surface area contributed by atoms with Crippen LogP contribution in [0, 0.1) is 11.8 Å². The predicted molar refractivity (Wildman–Crippen MR) is 129 cm³/mol. The molecule has 2 bridgehead atoms. The van der Waals surface area contributed by atoms with Gasteiger partial charge in [0.25, 0.3) is 0 Å². The number of aromatic hydroxyl groups is 1. The summed E-state index contributed by atoms with van der Waals surface area (Å²) in [5, 5.41) is 24.9. The number of carbonyl (C=O) groups excluding carboxylic acids is 2. The third-order valence-corrected chi connectivity index (χ3v) is 8.35. The smallest absolute Gasteiger partial charge is 0.303 e. The summed E-state index contributed by atoms with van der Waals surface area (Å²) in [5.74, 6) is 0.0829. The van der Waals surface area contributed by atoms with Crippen molar-refractivity contribution in [2.24, 2.45) is 11.8 Å². The van der Waals surface area contributed by atoms with Crippen molar-refractivity contribution < 1.29 is 24.6 Å². The molecule has 7 nitrogen and oxygen atoms in total. The summed E-state index contributed by atoms with van der Waals surface area (Å²) < 4.78 is 0. The van der Waals surface area contributed by atoms with Crippen LogP contribution in [0.2, 0.25) is 0 Å². The van der Waals surface area contributed by atoms with E-state index >= 15 is 0 Å². The van der Waals surface area contributed by atoms with Gasteiger partial charge >= 0.3 is 5.97 Å².